The highest BCUT2D eigenvalue weighted by Crippen LogP contribution is 2.22. The third-order valence-electron chi connectivity index (χ3n) is 2.99. The fourth-order valence-electron chi connectivity index (χ4n) is 2.10. The number of aromatic nitrogens is 3. The number of anilines is 1. The number of aromatic hydroxyl groups is 1. The minimum atomic E-state index is 0.209. The average Bonchev–Trinajstić information content (AvgIpc) is 2.87. The van der Waals surface area contributed by atoms with Gasteiger partial charge in [0, 0.05) is 17.3 Å². The SMILES string of the molecule is Cc1cc(O)cc(-n2cc(-c3cccc(N)c3)nn2)c1. The lowest BCUT2D eigenvalue weighted by molar-refractivity contribution is 0.474. The number of hydrogen-bond acceptors (Lipinski definition) is 4. The van der Waals surface area contributed by atoms with Gasteiger partial charge in [0.2, 0.25) is 0 Å². The Kier molecular flexibility index (Phi) is 2.87. The lowest BCUT2D eigenvalue weighted by Gasteiger charge is -2.02. The van der Waals surface area contributed by atoms with Crippen LogP contribution in [0.3, 0.4) is 0 Å². The van der Waals surface area contributed by atoms with Gasteiger partial charge in [0.05, 0.1) is 11.9 Å². The molecule has 0 saturated carbocycles. The minimum Gasteiger partial charge on any atom is -0.508 e. The number of rotatable bonds is 2. The molecular formula is C15H14N4O. The van der Waals surface area contributed by atoms with E-state index in [0.717, 1.165) is 22.5 Å². The highest BCUT2D eigenvalue weighted by molar-refractivity contribution is 5.63. The average molecular weight is 266 g/mol. The number of benzene rings is 2. The van der Waals surface area contributed by atoms with Gasteiger partial charge in [-0.2, -0.15) is 0 Å². The van der Waals surface area contributed by atoms with Gasteiger partial charge in [0.25, 0.3) is 0 Å². The van der Waals surface area contributed by atoms with E-state index in [4.69, 9.17) is 5.73 Å². The maximum atomic E-state index is 9.64. The fraction of sp³-hybridized carbons (Fsp3) is 0.0667. The Labute approximate surface area is 116 Å². The van der Waals surface area contributed by atoms with E-state index in [0.29, 0.717) is 5.69 Å². The molecule has 20 heavy (non-hydrogen) atoms. The molecule has 2 aromatic carbocycles. The predicted octanol–water partition coefficient (Wildman–Crippen LogP) is 2.53. The molecule has 3 aromatic rings. The molecule has 0 bridgehead atoms. The first kappa shape index (κ1) is 12.2. The van der Waals surface area contributed by atoms with Crippen LogP contribution in [0.25, 0.3) is 16.9 Å². The molecule has 3 rings (SSSR count). The molecule has 0 spiro atoms. The Morgan fingerprint density at radius 3 is 2.75 bits per heavy atom. The largest absolute Gasteiger partial charge is 0.508 e. The molecule has 3 N–H and O–H groups in total. The summed E-state index contributed by atoms with van der Waals surface area (Å²) in [6.45, 7) is 1.92. The van der Waals surface area contributed by atoms with Crippen molar-refractivity contribution in [2.45, 2.75) is 6.92 Å². The fourth-order valence-corrected chi connectivity index (χ4v) is 2.10. The van der Waals surface area contributed by atoms with Gasteiger partial charge in [0.1, 0.15) is 11.4 Å². The maximum absolute atomic E-state index is 9.64. The number of phenolic OH excluding ortho intramolecular Hbond substituents is 1. The van der Waals surface area contributed by atoms with Crippen molar-refractivity contribution in [1.82, 2.24) is 15.0 Å². The van der Waals surface area contributed by atoms with Gasteiger partial charge in [-0.25, -0.2) is 4.68 Å². The van der Waals surface area contributed by atoms with Crippen LogP contribution in [0.5, 0.6) is 5.75 Å². The van der Waals surface area contributed by atoms with E-state index < -0.39 is 0 Å². The maximum Gasteiger partial charge on any atom is 0.117 e. The summed E-state index contributed by atoms with van der Waals surface area (Å²) in [6.07, 6.45) is 1.81. The predicted molar refractivity (Wildman–Crippen MR) is 77.6 cm³/mol. The summed E-state index contributed by atoms with van der Waals surface area (Å²) in [5.74, 6) is 0.209. The van der Waals surface area contributed by atoms with Crippen LogP contribution in [0.1, 0.15) is 5.56 Å². The van der Waals surface area contributed by atoms with Gasteiger partial charge >= 0.3 is 0 Å². The molecule has 5 heteroatoms. The molecule has 0 saturated heterocycles. The summed E-state index contributed by atoms with van der Waals surface area (Å²) in [4.78, 5) is 0. The Balaban J connectivity index is 2.02. The van der Waals surface area contributed by atoms with Gasteiger partial charge < -0.3 is 10.8 Å². The van der Waals surface area contributed by atoms with Crippen molar-refractivity contribution in [3.8, 4) is 22.7 Å². The third-order valence-corrected chi connectivity index (χ3v) is 2.99. The summed E-state index contributed by atoms with van der Waals surface area (Å²) in [5.41, 5.74) is 9.82. The minimum absolute atomic E-state index is 0.209. The van der Waals surface area contributed by atoms with Crippen molar-refractivity contribution in [3.63, 3.8) is 0 Å². The van der Waals surface area contributed by atoms with E-state index >= 15 is 0 Å². The van der Waals surface area contributed by atoms with Crippen molar-refractivity contribution >= 4 is 5.69 Å². The number of phenols is 1. The van der Waals surface area contributed by atoms with E-state index in [1.807, 2.05) is 43.5 Å². The van der Waals surface area contributed by atoms with Gasteiger partial charge in [-0.05, 0) is 36.8 Å². The first-order chi connectivity index (χ1) is 9.61. The zero-order valence-electron chi connectivity index (χ0n) is 11.0. The first-order valence-corrected chi connectivity index (χ1v) is 6.21. The zero-order chi connectivity index (χ0) is 14.1. The summed E-state index contributed by atoms with van der Waals surface area (Å²) < 4.78 is 1.63. The van der Waals surface area contributed by atoms with Crippen LogP contribution in [0.2, 0.25) is 0 Å². The molecule has 0 aliphatic heterocycles. The second-order valence-electron chi connectivity index (χ2n) is 4.70. The molecule has 0 aliphatic carbocycles. The van der Waals surface area contributed by atoms with E-state index in [2.05, 4.69) is 10.3 Å². The van der Waals surface area contributed by atoms with Crippen LogP contribution in [0.4, 0.5) is 5.69 Å². The Morgan fingerprint density at radius 1 is 1.15 bits per heavy atom. The topological polar surface area (TPSA) is 77.0 Å². The molecular weight excluding hydrogens is 252 g/mol. The molecule has 0 fully saturated rings. The highest BCUT2D eigenvalue weighted by Gasteiger charge is 2.06. The monoisotopic (exact) mass is 266 g/mol. The molecule has 0 amide bonds. The van der Waals surface area contributed by atoms with Crippen LogP contribution >= 0.6 is 0 Å². The molecule has 1 heterocycles. The van der Waals surface area contributed by atoms with E-state index in [1.165, 1.54) is 0 Å². The second kappa shape index (κ2) is 4.70. The number of nitrogens with two attached hydrogens (primary N) is 1. The van der Waals surface area contributed by atoms with Crippen molar-refractivity contribution in [2.24, 2.45) is 0 Å². The quantitative estimate of drug-likeness (QED) is 0.699. The second-order valence-corrected chi connectivity index (χ2v) is 4.70. The molecule has 1 aromatic heterocycles. The Hall–Kier alpha value is -2.82. The normalized spacial score (nSPS) is 10.7. The number of nitrogen functional groups attached to an aromatic ring is 1. The Bertz CT molecular complexity index is 744. The van der Waals surface area contributed by atoms with Crippen LogP contribution in [-0.2, 0) is 0 Å². The van der Waals surface area contributed by atoms with Gasteiger partial charge in [-0.1, -0.05) is 17.3 Å². The van der Waals surface area contributed by atoms with Gasteiger partial charge in [0.15, 0.2) is 0 Å². The standard InChI is InChI=1S/C15H14N4O/c1-10-5-13(8-14(20)6-10)19-9-15(17-18-19)11-3-2-4-12(16)7-11/h2-9,20H,16H2,1H3. The van der Waals surface area contributed by atoms with E-state index in [1.54, 1.807) is 16.8 Å². The smallest absolute Gasteiger partial charge is 0.117 e. The van der Waals surface area contributed by atoms with E-state index in [-0.39, 0.29) is 5.75 Å². The Morgan fingerprint density at radius 2 is 2.00 bits per heavy atom. The third kappa shape index (κ3) is 2.33. The first-order valence-electron chi connectivity index (χ1n) is 6.21. The summed E-state index contributed by atoms with van der Waals surface area (Å²) in [5, 5.41) is 17.9. The summed E-state index contributed by atoms with van der Waals surface area (Å²) in [6, 6.07) is 12.7. The van der Waals surface area contributed by atoms with Gasteiger partial charge in [-0.3, -0.25) is 0 Å². The molecule has 0 unspecified atom stereocenters. The molecule has 0 radical (unpaired) electrons. The van der Waals surface area contributed by atoms with Crippen LogP contribution in [-0.4, -0.2) is 20.1 Å². The highest BCUT2D eigenvalue weighted by atomic mass is 16.3. The van der Waals surface area contributed by atoms with Crippen LogP contribution in [0.15, 0.2) is 48.7 Å². The molecule has 0 aliphatic rings. The van der Waals surface area contributed by atoms with Gasteiger partial charge in [-0.15, -0.1) is 5.10 Å². The molecule has 0 atom stereocenters. The number of aryl methyl sites for hydroxylation is 1. The summed E-state index contributed by atoms with van der Waals surface area (Å²) >= 11 is 0. The van der Waals surface area contributed by atoms with Crippen molar-refractivity contribution in [2.75, 3.05) is 5.73 Å². The molecule has 5 nitrogen and oxygen atoms in total. The lowest BCUT2D eigenvalue weighted by Crippen LogP contribution is -1.95. The lowest BCUT2D eigenvalue weighted by atomic mass is 10.1. The van der Waals surface area contributed by atoms with Crippen LogP contribution in [0, 0.1) is 6.92 Å². The number of nitrogens with zero attached hydrogens (tertiary/aromatic N) is 3. The molecule has 100 valence electrons. The van der Waals surface area contributed by atoms with Crippen molar-refractivity contribution in [3.05, 3.63) is 54.2 Å². The van der Waals surface area contributed by atoms with Crippen molar-refractivity contribution < 1.29 is 5.11 Å². The van der Waals surface area contributed by atoms with Crippen LogP contribution < -0.4 is 5.73 Å². The van der Waals surface area contributed by atoms with Crippen molar-refractivity contribution in [1.29, 1.82) is 0 Å². The summed E-state index contributed by atoms with van der Waals surface area (Å²) in [7, 11) is 0. The zero-order valence-corrected chi connectivity index (χ0v) is 11.0. The van der Waals surface area contributed by atoms with E-state index in [9.17, 15) is 5.11 Å². The number of hydrogen-bond donors (Lipinski definition) is 2.